The van der Waals surface area contributed by atoms with Crippen molar-refractivity contribution in [3.63, 3.8) is 0 Å². The van der Waals surface area contributed by atoms with Gasteiger partial charge in [-0.2, -0.15) is 0 Å². The first-order valence-electron chi connectivity index (χ1n) is 10.4. The minimum atomic E-state index is 0.0663. The van der Waals surface area contributed by atoms with Crippen molar-refractivity contribution in [2.24, 2.45) is 5.92 Å². The molecule has 2 fully saturated rings. The molecule has 0 spiro atoms. The highest BCUT2D eigenvalue weighted by atomic mass is 16.5. The van der Waals surface area contributed by atoms with Gasteiger partial charge in [0.15, 0.2) is 11.6 Å². The van der Waals surface area contributed by atoms with Gasteiger partial charge in [-0.25, -0.2) is 0 Å². The van der Waals surface area contributed by atoms with Gasteiger partial charge in [-0.05, 0) is 37.5 Å². The molecule has 2 aliphatic rings. The van der Waals surface area contributed by atoms with Gasteiger partial charge >= 0.3 is 0 Å². The lowest BCUT2D eigenvalue weighted by Gasteiger charge is -2.32. The molecular formula is C22H29N5O2. The quantitative estimate of drug-likeness (QED) is 0.837. The number of amides is 1. The number of hydrogen-bond donors (Lipinski definition) is 1. The molecule has 0 atom stereocenters. The van der Waals surface area contributed by atoms with Crippen molar-refractivity contribution in [1.29, 1.82) is 0 Å². The molecule has 1 N–H and O–H groups in total. The van der Waals surface area contributed by atoms with Crippen molar-refractivity contribution in [2.45, 2.75) is 26.3 Å². The van der Waals surface area contributed by atoms with Crippen LogP contribution in [0.2, 0.25) is 0 Å². The molecular weight excluding hydrogens is 366 g/mol. The smallest absolute Gasteiger partial charge is 0.223 e. The summed E-state index contributed by atoms with van der Waals surface area (Å²) >= 11 is 0. The number of carbonyl (C=O) groups is 1. The molecule has 7 heteroatoms. The van der Waals surface area contributed by atoms with Crippen LogP contribution in [0.4, 0.5) is 11.6 Å². The van der Waals surface area contributed by atoms with Crippen LogP contribution in [0.3, 0.4) is 0 Å². The zero-order chi connectivity index (χ0) is 20.1. The van der Waals surface area contributed by atoms with Gasteiger partial charge in [0, 0.05) is 38.6 Å². The lowest BCUT2D eigenvalue weighted by atomic mass is 9.96. The number of ether oxygens (including phenoxy) is 1. The van der Waals surface area contributed by atoms with E-state index in [9.17, 15) is 4.79 Å². The van der Waals surface area contributed by atoms with Crippen molar-refractivity contribution in [3.05, 3.63) is 47.5 Å². The van der Waals surface area contributed by atoms with Gasteiger partial charge in [0.05, 0.1) is 13.2 Å². The maximum atomic E-state index is 12.5. The predicted octanol–water partition coefficient (Wildman–Crippen LogP) is 2.15. The van der Waals surface area contributed by atoms with E-state index in [0.717, 1.165) is 69.4 Å². The number of aromatic nitrogens is 2. The van der Waals surface area contributed by atoms with Crippen LogP contribution >= 0.6 is 0 Å². The summed E-state index contributed by atoms with van der Waals surface area (Å²) in [5.74, 6) is 2.01. The Balaban J connectivity index is 1.26. The number of hydrogen-bond acceptors (Lipinski definition) is 6. The van der Waals surface area contributed by atoms with E-state index in [0.29, 0.717) is 6.54 Å². The fraction of sp³-hybridized carbons (Fsp3) is 0.500. The van der Waals surface area contributed by atoms with Crippen LogP contribution in [0.1, 0.15) is 24.0 Å². The van der Waals surface area contributed by atoms with E-state index >= 15 is 0 Å². The summed E-state index contributed by atoms with van der Waals surface area (Å²) in [4.78, 5) is 17.0. The molecule has 1 aromatic carbocycles. The van der Waals surface area contributed by atoms with Crippen LogP contribution < -0.4 is 15.1 Å². The lowest BCUT2D eigenvalue weighted by Crippen LogP contribution is -2.41. The van der Waals surface area contributed by atoms with Gasteiger partial charge in [0.1, 0.15) is 0 Å². The Morgan fingerprint density at radius 1 is 1.03 bits per heavy atom. The Bertz CT molecular complexity index is 812. The van der Waals surface area contributed by atoms with Gasteiger partial charge in [-0.1, -0.05) is 29.8 Å². The van der Waals surface area contributed by atoms with Crippen LogP contribution in [0.5, 0.6) is 0 Å². The predicted molar refractivity (Wildman–Crippen MR) is 113 cm³/mol. The highest BCUT2D eigenvalue weighted by Gasteiger charge is 2.26. The third-order valence-electron chi connectivity index (χ3n) is 5.71. The minimum Gasteiger partial charge on any atom is -0.378 e. The summed E-state index contributed by atoms with van der Waals surface area (Å²) in [6.45, 7) is 7.51. The van der Waals surface area contributed by atoms with Crippen molar-refractivity contribution in [1.82, 2.24) is 15.5 Å². The molecule has 1 amide bonds. The van der Waals surface area contributed by atoms with E-state index in [-0.39, 0.29) is 11.8 Å². The summed E-state index contributed by atoms with van der Waals surface area (Å²) in [6.07, 6.45) is 1.68. The Morgan fingerprint density at radius 2 is 1.69 bits per heavy atom. The number of carbonyl (C=O) groups excluding carboxylic acids is 1. The van der Waals surface area contributed by atoms with E-state index in [1.54, 1.807) is 0 Å². The Kier molecular flexibility index (Phi) is 6.24. The standard InChI is InChI=1S/C22H29N5O2/c1-17-3-2-4-18(15-17)16-23-22(28)19-7-9-26(10-8-19)20-5-6-21(25-24-20)27-11-13-29-14-12-27/h2-6,15,19H,7-14,16H2,1H3,(H,23,28). The number of anilines is 2. The van der Waals surface area contributed by atoms with Crippen LogP contribution in [0.25, 0.3) is 0 Å². The summed E-state index contributed by atoms with van der Waals surface area (Å²) in [7, 11) is 0. The summed E-state index contributed by atoms with van der Waals surface area (Å²) in [6, 6.07) is 12.3. The topological polar surface area (TPSA) is 70.6 Å². The molecule has 7 nitrogen and oxygen atoms in total. The van der Waals surface area contributed by atoms with E-state index in [1.165, 1.54) is 5.56 Å². The molecule has 154 valence electrons. The van der Waals surface area contributed by atoms with Gasteiger partial charge in [-0.3, -0.25) is 4.79 Å². The molecule has 0 radical (unpaired) electrons. The molecule has 2 aliphatic heterocycles. The number of benzene rings is 1. The van der Waals surface area contributed by atoms with Crippen molar-refractivity contribution >= 4 is 17.5 Å². The highest BCUT2D eigenvalue weighted by molar-refractivity contribution is 5.79. The van der Waals surface area contributed by atoms with E-state index in [2.05, 4.69) is 50.4 Å². The molecule has 0 unspecified atom stereocenters. The molecule has 2 aromatic rings. The van der Waals surface area contributed by atoms with E-state index in [1.807, 2.05) is 18.2 Å². The van der Waals surface area contributed by atoms with Crippen LogP contribution in [-0.2, 0) is 16.1 Å². The lowest BCUT2D eigenvalue weighted by molar-refractivity contribution is -0.125. The van der Waals surface area contributed by atoms with Crippen LogP contribution in [0, 0.1) is 12.8 Å². The number of nitrogens with zero attached hydrogens (tertiary/aromatic N) is 4. The fourth-order valence-electron chi connectivity index (χ4n) is 3.97. The molecule has 2 saturated heterocycles. The second-order valence-corrected chi connectivity index (χ2v) is 7.82. The summed E-state index contributed by atoms with van der Waals surface area (Å²) in [5, 5.41) is 11.9. The highest BCUT2D eigenvalue weighted by Crippen LogP contribution is 2.23. The minimum absolute atomic E-state index is 0.0663. The van der Waals surface area contributed by atoms with Crippen molar-refractivity contribution in [3.8, 4) is 0 Å². The third kappa shape index (κ3) is 5.03. The monoisotopic (exact) mass is 395 g/mol. The van der Waals surface area contributed by atoms with Crippen LogP contribution in [-0.4, -0.2) is 55.5 Å². The van der Waals surface area contributed by atoms with E-state index < -0.39 is 0 Å². The van der Waals surface area contributed by atoms with E-state index in [4.69, 9.17) is 4.74 Å². The molecule has 0 saturated carbocycles. The first-order chi connectivity index (χ1) is 14.2. The molecule has 1 aromatic heterocycles. The third-order valence-corrected chi connectivity index (χ3v) is 5.71. The normalized spacial score (nSPS) is 18.0. The second kappa shape index (κ2) is 9.22. The molecule has 29 heavy (non-hydrogen) atoms. The largest absolute Gasteiger partial charge is 0.378 e. The number of nitrogens with one attached hydrogen (secondary N) is 1. The zero-order valence-electron chi connectivity index (χ0n) is 17.0. The number of piperidine rings is 1. The van der Waals surface area contributed by atoms with Gasteiger partial charge in [0.2, 0.25) is 5.91 Å². The Hall–Kier alpha value is -2.67. The fourth-order valence-corrected chi connectivity index (χ4v) is 3.97. The Morgan fingerprint density at radius 3 is 2.31 bits per heavy atom. The average molecular weight is 396 g/mol. The molecule has 4 rings (SSSR count). The zero-order valence-corrected chi connectivity index (χ0v) is 17.0. The first-order valence-corrected chi connectivity index (χ1v) is 10.4. The first kappa shape index (κ1) is 19.6. The number of morpholine rings is 1. The summed E-state index contributed by atoms with van der Waals surface area (Å²) < 4.78 is 5.39. The van der Waals surface area contributed by atoms with Crippen LogP contribution in [0.15, 0.2) is 36.4 Å². The van der Waals surface area contributed by atoms with Crippen molar-refractivity contribution < 1.29 is 9.53 Å². The Labute approximate surface area is 172 Å². The van der Waals surface area contributed by atoms with Crippen molar-refractivity contribution in [2.75, 3.05) is 49.2 Å². The molecule has 0 bridgehead atoms. The van der Waals surface area contributed by atoms with Gasteiger partial charge in [-0.15, -0.1) is 10.2 Å². The maximum Gasteiger partial charge on any atom is 0.223 e. The van der Waals surface area contributed by atoms with Gasteiger partial charge < -0.3 is 19.9 Å². The number of aryl methyl sites for hydroxylation is 1. The SMILES string of the molecule is Cc1cccc(CNC(=O)C2CCN(c3ccc(N4CCOCC4)nn3)CC2)c1. The number of rotatable bonds is 5. The second-order valence-electron chi connectivity index (χ2n) is 7.82. The molecule has 3 heterocycles. The average Bonchev–Trinajstić information content (AvgIpc) is 2.78. The summed E-state index contributed by atoms with van der Waals surface area (Å²) in [5.41, 5.74) is 2.36. The van der Waals surface area contributed by atoms with Gasteiger partial charge in [0.25, 0.3) is 0 Å². The molecule has 0 aliphatic carbocycles. The maximum absolute atomic E-state index is 12.5.